The Labute approximate surface area is 82.1 Å². The van der Waals surface area contributed by atoms with Crippen molar-refractivity contribution >= 4 is 8.80 Å². The predicted octanol–water partition coefficient (Wildman–Crippen LogP) is 2.22. The molecule has 0 rings (SSSR count). The maximum Gasteiger partial charge on any atom is 0.503 e. The molecule has 0 fully saturated rings. The lowest BCUT2D eigenvalue weighted by molar-refractivity contribution is 0.113. The fourth-order valence-electron chi connectivity index (χ4n) is 1.34. The van der Waals surface area contributed by atoms with Crippen LogP contribution in [0.4, 0.5) is 0 Å². The Morgan fingerprint density at radius 2 is 1.62 bits per heavy atom. The van der Waals surface area contributed by atoms with Gasteiger partial charge in [-0.15, -0.1) is 0 Å². The normalized spacial score (nSPS) is 15.2. The fraction of sp³-hybridized carbons (Fsp3) is 0.778. The molecule has 0 aliphatic carbocycles. The van der Waals surface area contributed by atoms with Crippen molar-refractivity contribution in [2.45, 2.75) is 25.8 Å². The van der Waals surface area contributed by atoms with Gasteiger partial charge in [0.25, 0.3) is 0 Å². The Kier molecular flexibility index (Phi) is 6.24. The molecule has 0 aromatic carbocycles. The van der Waals surface area contributed by atoms with E-state index in [1.54, 1.807) is 21.3 Å². The molecule has 3 nitrogen and oxygen atoms in total. The third-order valence-electron chi connectivity index (χ3n) is 2.18. The molecule has 0 aromatic heterocycles. The Bertz CT molecular complexity index is 147. The number of hydrogen-bond donors (Lipinski definition) is 0. The lowest BCUT2D eigenvalue weighted by atomic mass is 10.3. The van der Waals surface area contributed by atoms with Crippen molar-refractivity contribution in [2.24, 2.45) is 0 Å². The molecular weight excluding hydrogens is 184 g/mol. The molecule has 0 aliphatic rings. The molecule has 1 unspecified atom stereocenters. The molecule has 0 heterocycles. The minimum atomic E-state index is -2.41. The smallest absolute Gasteiger partial charge is 0.377 e. The zero-order chi connectivity index (χ0) is 10.3. The summed E-state index contributed by atoms with van der Waals surface area (Å²) in [5, 5.41) is 0. The molecular formula is C9H20O3Si. The zero-order valence-corrected chi connectivity index (χ0v) is 10.2. The summed E-state index contributed by atoms with van der Waals surface area (Å²) in [6, 6.07) is 0. The summed E-state index contributed by atoms with van der Waals surface area (Å²) < 4.78 is 16.1. The van der Waals surface area contributed by atoms with Gasteiger partial charge in [-0.2, -0.15) is 0 Å². The van der Waals surface area contributed by atoms with Crippen LogP contribution >= 0.6 is 0 Å². The van der Waals surface area contributed by atoms with E-state index in [0.717, 1.165) is 6.42 Å². The summed E-state index contributed by atoms with van der Waals surface area (Å²) >= 11 is 0. The highest BCUT2D eigenvalue weighted by atomic mass is 28.4. The van der Waals surface area contributed by atoms with Gasteiger partial charge in [0.05, 0.1) is 0 Å². The van der Waals surface area contributed by atoms with Crippen LogP contribution in [0.2, 0.25) is 5.54 Å². The molecule has 0 saturated carbocycles. The second-order valence-corrected chi connectivity index (χ2v) is 6.34. The lowest BCUT2D eigenvalue weighted by Crippen LogP contribution is -2.46. The van der Waals surface area contributed by atoms with Crippen LogP contribution in [0.25, 0.3) is 0 Å². The van der Waals surface area contributed by atoms with Gasteiger partial charge in [-0.25, -0.2) is 0 Å². The van der Waals surface area contributed by atoms with Crippen LogP contribution in [0.3, 0.4) is 0 Å². The van der Waals surface area contributed by atoms with Gasteiger partial charge >= 0.3 is 8.80 Å². The number of allylic oxidation sites excluding steroid dienone is 2. The van der Waals surface area contributed by atoms with E-state index in [2.05, 4.69) is 13.0 Å². The summed E-state index contributed by atoms with van der Waals surface area (Å²) in [4.78, 5) is 0. The number of rotatable bonds is 6. The van der Waals surface area contributed by atoms with Crippen molar-refractivity contribution in [3.8, 4) is 0 Å². The minimum absolute atomic E-state index is 0.295. The van der Waals surface area contributed by atoms with Crippen molar-refractivity contribution in [2.75, 3.05) is 21.3 Å². The van der Waals surface area contributed by atoms with E-state index in [9.17, 15) is 0 Å². The molecule has 4 heteroatoms. The highest BCUT2D eigenvalue weighted by Gasteiger charge is 2.43. The third kappa shape index (κ3) is 3.23. The van der Waals surface area contributed by atoms with E-state index in [-0.39, 0.29) is 0 Å². The third-order valence-corrected chi connectivity index (χ3v) is 5.33. The van der Waals surface area contributed by atoms with Crippen LogP contribution < -0.4 is 0 Å². The van der Waals surface area contributed by atoms with E-state index in [1.807, 2.05) is 13.0 Å². The Balaban J connectivity index is 4.34. The molecule has 0 aliphatic heterocycles. The maximum absolute atomic E-state index is 5.36. The summed E-state index contributed by atoms with van der Waals surface area (Å²) in [7, 11) is 2.52. The zero-order valence-electron chi connectivity index (χ0n) is 9.16. The summed E-state index contributed by atoms with van der Waals surface area (Å²) in [6.45, 7) is 4.09. The van der Waals surface area contributed by atoms with E-state index < -0.39 is 8.80 Å². The van der Waals surface area contributed by atoms with Gasteiger partial charge in [0, 0.05) is 26.9 Å². The lowest BCUT2D eigenvalue weighted by Gasteiger charge is -2.29. The van der Waals surface area contributed by atoms with E-state index in [0.29, 0.717) is 5.54 Å². The van der Waals surface area contributed by atoms with Gasteiger partial charge in [0.1, 0.15) is 0 Å². The van der Waals surface area contributed by atoms with Crippen molar-refractivity contribution in [1.29, 1.82) is 0 Å². The SMILES string of the molecule is C/C=C/CC(C)[Si](OC)(OC)OC. The van der Waals surface area contributed by atoms with Crippen LogP contribution in [0.1, 0.15) is 20.3 Å². The molecule has 0 radical (unpaired) electrons. The second kappa shape index (κ2) is 6.31. The maximum atomic E-state index is 5.36. The molecule has 0 N–H and O–H groups in total. The highest BCUT2D eigenvalue weighted by Crippen LogP contribution is 2.26. The van der Waals surface area contributed by atoms with Gasteiger partial charge in [-0.1, -0.05) is 19.1 Å². The van der Waals surface area contributed by atoms with Crippen LogP contribution in [0.5, 0.6) is 0 Å². The topological polar surface area (TPSA) is 27.7 Å². The van der Waals surface area contributed by atoms with Gasteiger partial charge in [-0.05, 0) is 13.3 Å². The standard InChI is InChI=1S/C9H20O3Si/c1-6-7-8-9(2)13(10-3,11-4)12-5/h6-7,9H,8H2,1-5H3/b7-6+. The summed E-state index contributed by atoms with van der Waals surface area (Å²) in [5.41, 5.74) is 0.295. The Morgan fingerprint density at radius 1 is 1.15 bits per heavy atom. The predicted molar refractivity (Wildman–Crippen MR) is 55.6 cm³/mol. The molecule has 0 aromatic rings. The molecule has 78 valence electrons. The van der Waals surface area contributed by atoms with E-state index in [1.165, 1.54) is 0 Å². The van der Waals surface area contributed by atoms with Crippen molar-refractivity contribution in [1.82, 2.24) is 0 Å². The Morgan fingerprint density at radius 3 is 1.92 bits per heavy atom. The average molecular weight is 204 g/mol. The summed E-state index contributed by atoms with van der Waals surface area (Å²) in [6.07, 6.45) is 5.05. The minimum Gasteiger partial charge on any atom is -0.377 e. The first-order valence-corrected chi connectivity index (χ1v) is 6.23. The van der Waals surface area contributed by atoms with E-state index >= 15 is 0 Å². The first kappa shape index (κ1) is 12.8. The van der Waals surface area contributed by atoms with Gasteiger partial charge in [0.2, 0.25) is 0 Å². The van der Waals surface area contributed by atoms with Gasteiger partial charge in [-0.3, -0.25) is 0 Å². The monoisotopic (exact) mass is 204 g/mol. The molecule has 0 spiro atoms. The largest absolute Gasteiger partial charge is 0.503 e. The number of hydrogen-bond acceptors (Lipinski definition) is 3. The average Bonchev–Trinajstić information content (AvgIpc) is 2.18. The van der Waals surface area contributed by atoms with Crippen molar-refractivity contribution < 1.29 is 13.3 Å². The molecule has 0 bridgehead atoms. The first-order chi connectivity index (χ1) is 6.16. The Hall–Kier alpha value is -0.163. The molecule has 0 saturated heterocycles. The molecule has 13 heavy (non-hydrogen) atoms. The van der Waals surface area contributed by atoms with Crippen LogP contribution in [-0.4, -0.2) is 30.1 Å². The first-order valence-electron chi connectivity index (χ1n) is 4.43. The van der Waals surface area contributed by atoms with Crippen LogP contribution in [-0.2, 0) is 13.3 Å². The van der Waals surface area contributed by atoms with Crippen LogP contribution in [0, 0.1) is 0 Å². The molecule has 1 atom stereocenters. The second-order valence-electron chi connectivity index (χ2n) is 2.92. The fourth-order valence-corrected chi connectivity index (χ4v) is 3.47. The van der Waals surface area contributed by atoms with Crippen LogP contribution in [0.15, 0.2) is 12.2 Å². The van der Waals surface area contributed by atoms with Crippen molar-refractivity contribution in [3.63, 3.8) is 0 Å². The van der Waals surface area contributed by atoms with E-state index in [4.69, 9.17) is 13.3 Å². The van der Waals surface area contributed by atoms with Gasteiger partial charge < -0.3 is 13.3 Å². The quantitative estimate of drug-likeness (QED) is 0.490. The van der Waals surface area contributed by atoms with Gasteiger partial charge in [0.15, 0.2) is 0 Å². The highest BCUT2D eigenvalue weighted by molar-refractivity contribution is 6.62. The van der Waals surface area contributed by atoms with Crippen molar-refractivity contribution in [3.05, 3.63) is 12.2 Å². The molecule has 0 amide bonds. The summed E-state index contributed by atoms with van der Waals surface area (Å²) in [5.74, 6) is 0.